The fourth-order valence-corrected chi connectivity index (χ4v) is 7.95. The van der Waals surface area contributed by atoms with E-state index in [2.05, 4.69) is 127 Å². The first-order valence-corrected chi connectivity index (χ1v) is 14.5. The van der Waals surface area contributed by atoms with Crippen LogP contribution in [0, 0.1) is 0 Å². The molecule has 4 heterocycles. The van der Waals surface area contributed by atoms with Gasteiger partial charge in [-0.3, -0.25) is 0 Å². The number of aromatic nitrogens is 1. The van der Waals surface area contributed by atoms with Gasteiger partial charge in [0.25, 0.3) is 0 Å². The minimum absolute atomic E-state index is 0.0168. The van der Waals surface area contributed by atoms with Crippen LogP contribution in [0.5, 0.6) is 17.2 Å². The van der Waals surface area contributed by atoms with Crippen molar-refractivity contribution in [3.63, 3.8) is 0 Å². The Morgan fingerprint density at radius 2 is 1.38 bits per heavy atom. The van der Waals surface area contributed by atoms with Gasteiger partial charge in [-0.05, 0) is 41.9 Å². The van der Waals surface area contributed by atoms with E-state index in [4.69, 9.17) is 13.9 Å². The summed E-state index contributed by atoms with van der Waals surface area (Å²) in [5.41, 5.74) is 7.73. The van der Waals surface area contributed by atoms with Crippen LogP contribution in [0.25, 0.3) is 44.5 Å². The molecule has 10 rings (SSSR count). The molecular weight excluding hydrogens is 517 g/mol. The van der Waals surface area contributed by atoms with Crippen LogP contribution in [0.1, 0.15) is 18.2 Å². The van der Waals surface area contributed by atoms with E-state index in [0.29, 0.717) is 0 Å². The van der Waals surface area contributed by atoms with Crippen molar-refractivity contribution in [2.24, 2.45) is 0 Å². The molecule has 0 radical (unpaired) electrons. The van der Waals surface area contributed by atoms with E-state index in [-0.39, 0.29) is 12.8 Å². The molecule has 1 aliphatic carbocycles. The van der Waals surface area contributed by atoms with Gasteiger partial charge in [0.05, 0.1) is 16.7 Å². The van der Waals surface area contributed by atoms with Gasteiger partial charge >= 0.3 is 0 Å². The molecule has 7 aromatic rings. The van der Waals surface area contributed by atoms with Crippen molar-refractivity contribution in [3.05, 3.63) is 127 Å². The highest BCUT2D eigenvalue weighted by atomic mass is 16.5. The predicted molar refractivity (Wildman–Crippen MR) is 169 cm³/mol. The average molecular weight is 541 g/mol. The molecule has 0 N–H and O–H groups in total. The lowest BCUT2D eigenvalue weighted by Crippen LogP contribution is -2.68. The lowest BCUT2D eigenvalue weighted by atomic mass is 9.23. The second kappa shape index (κ2) is 7.77. The Bertz CT molecular complexity index is 2260. The molecule has 198 valence electrons. The Labute approximate surface area is 242 Å². The summed E-state index contributed by atoms with van der Waals surface area (Å²) in [5, 5.41) is 3.19. The molecule has 0 spiro atoms. The standard InChI is InChI=1S/C37H24BNO3/c1-37-34(19-18-31-35(37)25-12-4-8-16-29(25)40-31)42-33-21-22(20-32-36(33)38(37)26-13-5-9-17-30(26)41-32)39-27-14-6-2-10-23(27)24-11-3-7-15-28(24)39/h2-21,34H,1H3. The highest BCUT2D eigenvalue weighted by molar-refractivity contribution is 6.90. The number of nitrogens with zero attached hydrogens (tertiary/aromatic N) is 1. The molecule has 0 bridgehead atoms. The molecule has 5 heteroatoms. The molecule has 2 aromatic heterocycles. The summed E-state index contributed by atoms with van der Waals surface area (Å²) in [7, 11) is 0. The van der Waals surface area contributed by atoms with Crippen molar-refractivity contribution in [3.8, 4) is 22.9 Å². The minimum Gasteiger partial charge on any atom is -0.486 e. The van der Waals surface area contributed by atoms with Crippen molar-refractivity contribution in [2.45, 2.75) is 18.3 Å². The van der Waals surface area contributed by atoms with E-state index in [1.54, 1.807) is 0 Å². The largest absolute Gasteiger partial charge is 0.486 e. The highest BCUT2D eigenvalue weighted by Gasteiger charge is 2.58. The lowest BCUT2D eigenvalue weighted by Gasteiger charge is -2.49. The molecule has 2 atom stereocenters. The van der Waals surface area contributed by atoms with Gasteiger partial charge in [-0.1, -0.05) is 79.7 Å². The minimum atomic E-state index is -0.410. The third-order valence-corrected chi connectivity index (χ3v) is 9.69. The summed E-state index contributed by atoms with van der Waals surface area (Å²) in [4.78, 5) is 0. The van der Waals surface area contributed by atoms with Crippen LogP contribution < -0.4 is 20.4 Å². The fraction of sp³-hybridized carbons (Fsp3) is 0.0811. The van der Waals surface area contributed by atoms with Gasteiger partial charge in [-0.2, -0.15) is 0 Å². The zero-order chi connectivity index (χ0) is 27.6. The maximum atomic E-state index is 7.02. The van der Waals surface area contributed by atoms with Crippen LogP contribution >= 0.6 is 0 Å². The fourth-order valence-electron chi connectivity index (χ4n) is 7.95. The number of ether oxygens (including phenoxy) is 2. The predicted octanol–water partition coefficient (Wildman–Crippen LogP) is 7.53. The van der Waals surface area contributed by atoms with E-state index in [9.17, 15) is 0 Å². The summed E-state index contributed by atoms with van der Waals surface area (Å²) < 4.78 is 22.5. The number of hydrogen-bond donors (Lipinski definition) is 0. The number of rotatable bonds is 1. The molecular formula is C37H24BNO3. The van der Waals surface area contributed by atoms with E-state index in [1.807, 2.05) is 6.07 Å². The molecule has 42 heavy (non-hydrogen) atoms. The number of fused-ring (bicyclic) bond motifs is 11. The van der Waals surface area contributed by atoms with Crippen molar-refractivity contribution >= 4 is 56.5 Å². The van der Waals surface area contributed by atoms with Crippen molar-refractivity contribution in [2.75, 3.05) is 0 Å². The zero-order valence-corrected chi connectivity index (χ0v) is 22.9. The van der Waals surface area contributed by atoms with Crippen LogP contribution in [0.3, 0.4) is 0 Å². The lowest BCUT2D eigenvalue weighted by molar-refractivity contribution is 0.192. The van der Waals surface area contributed by atoms with Crippen molar-refractivity contribution < 1.29 is 13.9 Å². The molecule has 2 unspecified atom stereocenters. The van der Waals surface area contributed by atoms with Crippen molar-refractivity contribution in [1.29, 1.82) is 0 Å². The van der Waals surface area contributed by atoms with Gasteiger partial charge in [0.15, 0.2) is 0 Å². The molecule has 0 saturated heterocycles. The van der Waals surface area contributed by atoms with Crippen molar-refractivity contribution in [1.82, 2.24) is 4.57 Å². The molecule has 4 nitrogen and oxygen atoms in total. The summed E-state index contributed by atoms with van der Waals surface area (Å²) in [6, 6.07) is 38.4. The third kappa shape index (κ3) is 2.69. The molecule has 2 aliphatic heterocycles. The number of hydrogen-bond acceptors (Lipinski definition) is 3. The van der Waals surface area contributed by atoms with E-state index in [0.717, 1.165) is 56.2 Å². The Morgan fingerprint density at radius 3 is 2.19 bits per heavy atom. The maximum absolute atomic E-state index is 7.02. The smallest absolute Gasteiger partial charge is 0.238 e. The van der Waals surface area contributed by atoms with E-state index in [1.165, 1.54) is 21.8 Å². The van der Waals surface area contributed by atoms with Crippen LogP contribution in [-0.2, 0) is 5.31 Å². The second-order valence-corrected chi connectivity index (χ2v) is 11.8. The average Bonchev–Trinajstić information content (AvgIpc) is 3.58. The topological polar surface area (TPSA) is 36.5 Å². The van der Waals surface area contributed by atoms with Crippen LogP contribution in [-0.4, -0.2) is 17.4 Å². The maximum Gasteiger partial charge on any atom is 0.238 e. The molecule has 0 amide bonds. The highest BCUT2D eigenvalue weighted by Crippen LogP contribution is 2.50. The SMILES string of the molecule is CC12B3c4ccccc4Oc4cc(-n5c6ccccc6c6ccccc65)cc(c43)OC1C=Cc1oc3ccccc3c12. The molecule has 5 aromatic carbocycles. The van der Waals surface area contributed by atoms with E-state index >= 15 is 0 Å². The zero-order valence-electron chi connectivity index (χ0n) is 22.9. The van der Waals surface area contributed by atoms with Crippen LogP contribution in [0.4, 0.5) is 0 Å². The van der Waals surface area contributed by atoms with Gasteiger partial charge in [0.1, 0.15) is 34.7 Å². The normalized spacial score (nSPS) is 19.6. The first kappa shape index (κ1) is 22.5. The van der Waals surface area contributed by atoms with Gasteiger partial charge in [0, 0.05) is 44.6 Å². The number of benzene rings is 5. The number of furan rings is 1. The summed E-state index contributed by atoms with van der Waals surface area (Å²) in [6.07, 6.45) is 4.09. The van der Waals surface area contributed by atoms with Gasteiger partial charge in [-0.25, -0.2) is 0 Å². The first-order valence-electron chi connectivity index (χ1n) is 14.5. The van der Waals surface area contributed by atoms with E-state index < -0.39 is 5.31 Å². The van der Waals surface area contributed by atoms with Crippen LogP contribution in [0.15, 0.2) is 120 Å². The third-order valence-electron chi connectivity index (χ3n) is 9.69. The second-order valence-electron chi connectivity index (χ2n) is 11.8. The summed E-state index contributed by atoms with van der Waals surface area (Å²) in [5.74, 6) is 3.52. The quantitative estimate of drug-likeness (QED) is 0.202. The van der Waals surface area contributed by atoms with Gasteiger partial charge in [0.2, 0.25) is 6.71 Å². The Kier molecular flexibility index (Phi) is 4.17. The Morgan fingerprint density at radius 1 is 0.714 bits per heavy atom. The monoisotopic (exact) mass is 541 g/mol. The number of para-hydroxylation sites is 4. The molecule has 3 aliphatic rings. The molecule has 0 fully saturated rings. The Hall–Kier alpha value is -5.16. The van der Waals surface area contributed by atoms with Gasteiger partial charge < -0.3 is 18.5 Å². The molecule has 0 saturated carbocycles. The summed E-state index contributed by atoms with van der Waals surface area (Å²) in [6.45, 7) is 2.35. The van der Waals surface area contributed by atoms with Gasteiger partial charge in [-0.15, -0.1) is 0 Å². The van der Waals surface area contributed by atoms with Crippen LogP contribution in [0.2, 0.25) is 0 Å². The summed E-state index contributed by atoms with van der Waals surface area (Å²) >= 11 is 0. The first-order chi connectivity index (χ1) is 20.7. The Balaban J connectivity index is 1.28.